The zero-order valence-electron chi connectivity index (χ0n) is 12.5. The molecule has 5 nitrogen and oxygen atoms in total. The second kappa shape index (κ2) is 4.56. The quantitative estimate of drug-likeness (QED) is 0.837. The molecular formula is C16H20N4O. The number of rotatable bonds is 2. The molecule has 5 heteroatoms. The Labute approximate surface area is 124 Å². The lowest BCUT2D eigenvalue weighted by Crippen LogP contribution is -2.46. The number of nitrogens with zero attached hydrogens (tertiary/aromatic N) is 4. The molecule has 1 fully saturated rings. The summed E-state index contributed by atoms with van der Waals surface area (Å²) in [5, 5.41) is 12.3. The Morgan fingerprint density at radius 3 is 3.00 bits per heavy atom. The summed E-state index contributed by atoms with van der Waals surface area (Å²) in [5.74, 6) is 0. The maximum absolute atomic E-state index is 5.46. The van der Waals surface area contributed by atoms with Crippen molar-refractivity contribution >= 4 is 16.6 Å². The smallest absolute Gasteiger partial charge is 0.122 e. The van der Waals surface area contributed by atoms with Crippen LogP contribution in [0.1, 0.15) is 31.9 Å². The summed E-state index contributed by atoms with van der Waals surface area (Å²) >= 11 is 0. The SMILES string of the molecule is COCn1c2c(c3ccccc31)N=NN1CCCCC21C. The first-order valence-electron chi connectivity index (χ1n) is 7.55. The molecule has 0 bridgehead atoms. The Kier molecular flexibility index (Phi) is 2.79. The molecule has 0 saturated carbocycles. The van der Waals surface area contributed by atoms with Crippen molar-refractivity contribution in [2.75, 3.05) is 13.7 Å². The van der Waals surface area contributed by atoms with Crippen LogP contribution < -0.4 is 0 Å². The molecule has 1 unspecified atom stereocenters. The van der Waals surface area contributed by atoms with Crippen molar-refractivity contribution in [3.05, 3.63) is 30.0 Å². The van der Waals surface area contributed by atoms with Crippen LogP contribution in [-0.2, 0) is 17.0 Å². The van der Waals surface area contributed by atoms with Gasteiger partial charge in [0.05, 0.1) is 16.7 Å². The van der Waals surface area contributed by atoms with Crippen LogP contribution in [-0.4, -0.2) is 23.2 Å². The molecule has 2 aliphatic rings. The molecule has 0 spiro atoms. The van der Waals surface area contributed by atoms with E-state index in [1.54, 1.807) is 7.11 Å². The van der Waals surface area contributed by atoms with E-state index in [2.05, 4.69) is 51.1 Å². The topological polar surface area (TPSA) is 42.1 Å². The molecule has 2 aromatic rings. The van der Waals surface area contributed by atoms with Gasteiger partial charge in [0.2, 0.25) is 0 Å². The predicted molar refractivity (Wildman–Crippen MR) is 81.4 cm³/mol. The van der Waals surface area contributed by atoms with Gasteiger partial charge in [-0.15, -0.1) is 5.11 Å². The van der Waals surface area contributed by atoms with Gasteiger partial charge in [-0.3, -0.25) is 5.01 Å². The van der Waals surface area contributed by atoms with E-state index in [0.717, 1.165) is 18.7 Å². The lowest BCUT2D eigenvalue weighted by molar-refractivity contribution is 0.0337. The number of aromatic nitrogens is 1. The van der Waals surface area contributed by atoms with Gasteiger partial charge in [-0.05, 0) is 32.3 Å². The summed E-state index contributed by atoms with van der Waals surface area (Å²) in [4.78, 5) is 0. The van der Waals surface area contributed by atoms with Gasteiger partial charge in [-0.25, -0.2) is 0 Å². The minimum Gasteiger partial charge on any atom is -0.364 e. The van der Waals surface area contributed by atoms with Crippen molar-refractivity contribution in [1.29, 1.82) is 0 Å². The van der Waals surface area contributed by atoms with Crippen LogP contribution in [0.4, 0.5) is 5.69 Å². The summed E-state index contributed by atoms with van der Waals surface area (Å²) in [6, 6.07) is 8.39. The third-order valence-corrected chi connectivity index (χ3v) is 4.82. The van der Waals surface area contributed by atoms with Crippen LogP contribution in [0.25, 0.3) is 10.9 Å². The first-order chi connectivity index (χ1) is 10.3. The Hall–Kier alpha value is -1.88. The number of fused-ring (bicyclic) bond motifs is 5. The standard InChI is InChI=1S/C16H20N4O/c1-16-9-5-6-10-20(16)18-17-14-12-7-3-4-8-13(12)19(11-21-2)15(14)16/h3-4,7-8H,5-6,9-11H2,1-2H3. The van der Waals surface area contributed by atoms with Gasteiger partial charge in [0.1, 0.15) is 12.4 Å². The Bertz CT molecular complexity index is 720. The Balaban J connectivity index is 2.03. The molecule has 1 atom stereocenters. The molecule has 0 N–H and O–H groups in total. The Morgan fingerprint density at radius 2 is 2.14 bits per heavy atom. The van der Waals surface area contributed by atoms with Gasteiger partial charge in [0.15, 0.2) is 0 Å². The van der Waals surface area contributed by atoms with Crippen molar-refractivity contribution in [1.82, 2.24) is 9.58 Å². The van der Waals surface area contributed by atoms with Gasteiger partial charge < -0.3 is 9.30 Å². The molecule has 0 aliphatic carbocycles. The first kappa shape index (κ1) is 12.8. The highest BCUT2D eigenvalue weighted by atomic mass is 16.5. The maximum atomic E-state index is 5.46. The minimum absolute atomic E-state index is 0.0765. The van der Waals surface area contributed by atoms with E-state index in [9.17, 15) is 0 Å². The van der Waals surface area contributed by atoms with Gasteiger partial charge in [0.25, 0.3) is 0 Å². The fourth-order valence-corrected chi connectivity index (χ4v) is 3.78. The molecule has 3 heterocycles. The minimum atomic E-state index is -0.0765. The van der Waals surface area contributed by atoms with Gasteiger partial charge >= 0.3 is 0 Å². The summed E-state index contributed by atoms with van der Waals surface area (Å²) < 4.78 is 7.72. The van der Waals surface area contributed by atoms with Crippen LogP contribution in [0.5, 0.6) is 0 Å². The third-order valence-electron chi connectivity index (χ3n) is 4.82. The summed E-state index contributed by atoms with van der Waals surface area (Å²) in [6.07, 6.45) is 3.53. The summed E-state index contributed by atoms with van der Waals surface area (Å²) in [7, 11) is 1.74. The molecule has 2 aliphatic heterocycles. The number of para-hydroxylation sites is 1. The highest BCUT2D eigenvalue weighted by molar-refractivity contribution is 5.94. The fraction of sp³-hybridized carbons (Fsp3) is 0.500. The zero-order valence-corrected chi connectivity index (χ0v) is 12.5. The second-order valence-electron chi connectivity index (χ2n) is 6.10. The Morgan fingerprint density at radius 1 is 1.29 bits per heavy atom. The average molecular weight is 284 g/mol. The molecule has 110 valence electrons. The molecule has 1 aromatic carbocycles. The molecule has 1 aromatic heterocycles. The van der Waals surface area contributed by atoms with E-state index in [1.807, 2.05) is 0 Å². The largest absolute Gasteiger partial charge is 0.364 e. The number of benzene rings is 1. The number of hydrogen-bond acceptors (Lipinski definition) is 4. The second-order valence-corrected chi connectivity index (χ2v) is 6.10. The first-order valence-corrected chi connectivity index (χ1v) is 7.55. The summed E-state index contributed by atoms with van der Waals surface area (Å²) in [6.45, 7) is 3.82. The van der Waals surface area contributed by atoms with Gasteiger partial charge in [0, 0.05) is 19.0 Å². The van der Waals surface area contributed by atoms with E-state index in [0.29, 0.717) is 6.73 Å². The predicted octanol–water partition coefficient (Wildman–Crippen LogP) is 3.96. The summed E-state index contributed by atoms with van der Waals surface area (Å²) in [5.41, 5.74) is 3.37. The zero-order chi connectivity index (χ0) is 14.4. The van der Waals surface area contributed by atoms with E-state index >= 15 is 0 Å². The molecule has 1 saturated heterocycles. The maximum Gasteiger partial charge on any atom is 0.122 e. The van der Waals surface area contributed by atoms with Crippen molar-refractivity contribution in [3.8, 4) is 0 Å². The average Bonchev–Trinajstić information content (AvgIpc) is 2.83. The number of hydrogen-bond donors (Lipinski definition) is 0. The van der Waals surface area contributed by atoms with E-state index < -0.39 is 0 Å². The number of piperidine rings is 1. The van der Waals surface area contributed by atoms with E-state index in [1.165, 1.54) is 29.4 Å². The highest BCUT2D eigenvalue weighted by Gasteiger charge is 2.43. The van der Waals surface area contributed by atoms with Crippen molar-refractivity contribution in [2.45, 2.75) is 38.5 Å². The van der Waals surface area contributed by atoms with Crippen LogP contribution >= 0.6 is 0 Å². The van der Waals surface area contributed by atoms with E-state index in [4.69, 9.17) is 4.74 Å². The lowest BCUT2D eigenvalue weighted by Gasteiger charge is -2.44. The molecule has 21 heavy (non-hydrogen) atoms. The molecule has 0 radical (unpaired) electrons. The highest BCUT2D eigenvalue weighted by Crippen LogP contribution is 2.49. The normalized spacial score (nSPS) is 24.2. The lowest BCUT2D eigenvalue weighted by atomic mass is 9.85. The van der Waals surface area contributed by atoms with Crippen molar-refractivity contribution in [3.63, 3.8) is 0 Å². The van der Waals surface area contributed by atoms with Crippen molar-refractivity contribution < 1.29 is 4.74 Å². The van der Waals surface area contributed by atoms with Gasteiger partial charge in [-0.1, -0.05) is 23.4 Å². The monoisotopic (exact) mass is 284 g/mol. The van der Waals surface area contributed by atoms with Gasteiger partial charge in [-0.2, -0.15) is 0 Å². The molecular weight excluding hydrogens is 264 g/mol. The number of methoxy groups -OCH3 is 1. The molecule has 4 rings (SSSR count). The molecule has 0 amide bonds. The van der Waals surface area contributed by atoms with Crippen LogP contribution in [0.15, 0.2) is 34.6 Å². The number of ether oxygens (including phenoxy) is 1. The van der Waals surface area contributed by atoms with E-state index in [-0.39, 0.29) is 5.54 Å². The van der Waals surface area contributed by atoms with Crippen LogP contribution in [0, 0.1) is 0 Å². The van der Waals surface area contributed by atoms with Crippen LogP contribution in [0.3, 0.4) is 0 Å². The third kappa shape index (κ3) is 1.67. The van der Waals surface area contributed by atoms with Crippen LogP contribution in [0.2, 0.25) is 0 Å². The van der Waals surface area contributed by atoms with Crippen molar-refractivity contribution in [2.24, 2.45) is 10.3 Å². The fourth-order valence-electron chi connectivity index (χ4n) is 3.78.